The first kappa shape index (κ1) is 12.2. The van der Waals surface area contributed by atoms with Crippen molar-refractivity contribution in [1.29, 1.82) is 0 Å². The molecule has 1 aromatic rings. The normalized spacial score (nSPS) is 22.1. The third-order valence-corrected chi connectivity index (χ3v) is 3.62. The second-order valence-electron chi connectivity index (χ2n) is 5.19. The van der Waals surface area contributed by atoms with Crippen LogP contribution in [0.25, 0.3) is 0 Å². The molecule has 0 radical (unpaired) electrons. The van der Waals surface area contributed by atoms with Gasteiger partial charge in [-0.25, -0.2) is 0 Å². The zero-order valence-electron chi connectivity index (χ0n) is 11.1. The number of nitrogens with two attached hydrogens (primary N) is 1. The van der Waals surface area contributed by atoms with E-state index in [9.17, 15) is 0 Å². The Labute approximate surface area is 104 Å². The number of para-hydroxylation sites is 2. The van der Waals surface area contributed by atoms with Crippen LogP contribution in [0.15, 0.2) is 24.3 Å². The second kappa shape index (κ2) is 4.96. The van der Waals surface area contributed by atoms with Gasteiger partial charge in [0.2, 0.25) is 0 Å². The summed E-state index contributed by atoms with van der Waals surface area (Å²) in [5, 5.41) is 0. The van der Waals surface area contributed by atoms with Crippen LogP contribution in [0.1, 0.15) is 20.8 Å². The molecule has 0 bridgehead atoms. The summed E-state index contributed by atoms with van der Waals surface area (Å²) in [5.74, 6) is 0. The average molecular weight is 233 g/mol. The summed E-state index contributed by atoms with van der Waals surface area (Å²) >= 11 is 0. The summed E-state index contributed by atoms with van der Waals surface area (Å²) in [4.78, 5) is 4.95. The Balaban J connectivity index is 2.10. The first-order valence-electron chi connectivity index (χ1n) is 6.45. The molecule has 0 spiro atoms. The van der Waals surface area contributed by atoms with Crippen molar-refractivity contribution in [3.63, 3.8) is 0 Å². The maximum absolute atomic E-state index is 6.04. The maximum Gasteiger partial charge on any atom is 0.0600 e. The molecular formula is C14H23N3. The molecule has 1 heterocycles. The molecule has 0 aliphatic carbocycles. The van der Waals surface area contributed by atoms with E-state index in [4.69, 9.17) is 5.73 Å². The Hall–Kier alpha value is -1.22. The fourth-order valence-electron chi connectivity index (χ4n) is 2.73. The van der Waals surface area contributed by atoms with E-state index in [1.807, 2.05) is 12.1 Å². The third-order valence-electron chi connectivity index (χ3n) is 3.62. The molecule has 0 saturated carbocycles. The lowest BCUT2D eigenvalue weighted by Crippen LogP contribution is -2.54. The van der Waals surface area contributed by atoms with Crippen molar-refractivity contribution in [3.8, 4) is 0 Å². The summed E-state index contributed by atoms with van der Waals surface area (Å²) in [5.41, 5.74) is 8.11. The predicted molar refractivity (Wildman–Crippen MR) is 74.4 cm³/mol. The number of nitrogens with zero attached hydrogens (tertiary/aromatic N) is 2. The van der Waals surface area contributed by atoms with E-state index in [0.717, 1.165) is 25.3 Å². The molecule has 17 heavy (non-hydrogen) atoms. The summed E-state index contributed by atoms with van der Waals surface area (Å²) in [6, 6.07) is 9.36. The minimum absolute atomic E-state index is 0.586. The van der Waals surface area contributed by atoms with E-state index in [-0.39, 0.29) is 0 Å². The lowest BCUT2D eigenvalue weighted by atomic mass is 10.1. The Kier molecular flexibility index (Phi) is 3.57. The third kappa shape index (κ3) is 2.55. The summed E-state index contributed by atoms with van der Waals surface area (Å²) in [7, 11) is 0. The zero-order chi connectivity index (χ0) is 12.4. The van der Waals surface area contributed by atoms with Gasteiger partial charge in [0.05, 0.1) is 11.4 Å². The molecule has 0 amide bonds. The van der Waals surface area contributed by atoms with Crippen LogP contribution >= 0.6 is 0 Å². The highest BCUT2D eigenvalue weighted by Gasteiger charge is 2.25. The van der Waals surface area contributed by atoms with Crippen molar-refractivity contribution >= 4 is 11.4 Å². The number of hydrogen-bond acceptors (Lipinski definition) is 3. The number of benzene rings is 1. The quantitative estimate of drug-likeness (QED) is 0.795. The van der Waals surface area contributed by atoms with Crippen LogP contribution in [0.4, 0.5) is 11.4 Å². The van der Waals surface area contributed by atoms with Crippen LogP contribution in [0, 0.1) is 0 Å². The highest BCUT2D eigenvalue weighted by molar-refractivity contribution is 5.67. The summed E-state index contributed by atoms with van der Waals surface area (Å²) in [6.07, 6.45) is 0. The van der Waals surface area contributed by atoms with Crippen molar-refractivity contribution < 1.29 is 0 Å². The van der Waals surface area contributed by atoms with Gasteiger partial charge in [-0.3, -0.25) is 4.90 Å². The van der Waals surface area contributed by atoms with Crippen LogP contribution in [0.5, 0.6) is 0 Å². The van der Waals surface area contributed by atoms with E-state index in [1.165, 1.54) is 5.69 Å². The fourth-order valence-corrected chi connectivity index (χ4v) is 2.73. The van der Waals surface area contributed by atoms with E-state index < -0.39 is 0 Å². The maximum atomic E-state index is 6.04. The largest absolute Gasteiger partial charge is 0.397 e. The van der Waals surface area contributed by atoms with E-state index >= 15 is 0 Å². The minimum Gasteiger partial charge on any atom is -0.397 e. The van der Waals surface area contributed by atoms with E-state index in [0.29, 0.717) is 12.1 Å². The number of nitrogen functional groups attached to an aromatic ring is 1. The monoisotopic (exact) mass is 233 g/mol. The van der Waals surface area contributed by atoms with Crippen LogP contribution in [0.2, 0.25) is 0 Å². The van der Waals surface area contributed by atoms with Gasteiger partial charge in [-0.2, -0.15) is 0 Å². The average Bonchev–Trinajstić information content (AvgIpc) is 2.29. The second-order valence-corrected chi connectivity index (χ2v) is 5.19. The molecular weight excluding hydrogens is 210 g/mol. The van der Waals surface area contributed by atoms with Gasteiger partial charge in [-0.05, 0) is 32.9 Å². The van der Waals surface area contributed by atoms with Gasteiger partial charge in [-0.15, -0.1) is 0 Å². The number of hydrogen-bond donors (Lipinski definition) is 1. The lowest BCUT2D eigenvalue weighted by Gasteiger charge is -2.43. The van der Waals surface area contributed by atoms with Gasteiger partial charge < -0.3 is 10.6 Å². The van der Waals surface area contributed by atoms with Crippen molar-refractivity contribution in [2.45, 2.75) is 32.9 Å². The Morgan fingerprint density at radius 1 is 1.24 bits per heavy atom. The fraction of sp³-hybridized carbons (Fsp3) is 0.571. The highest BCUT2D eigenvalue weighted by atomic mass is 15.3. The van der Waals surface area contributed by atoms with Crippen LogP contribution in [0.3, 0.4) is 0 Å². The summed E-state index contributed by atoms with van der Waals surface area (Å²) < 4.78 is 0. The number of piperazine rings is 1. The predicted octanol–water partition coefficient (Wildman–Crippen LogP) is 2.19. The van der Waals surface area contributed by atoms with Gasteiger partial charge in [0.15, 0.2) is 0 Å². The molecule has 1 aromatic carbocycles. The molecule has 1 aliphatic rings. The van der Waals surface area contributed by atoms with Gasteiger partial charge in [-0.1, -0.05) is 12.1 Å². The van der Waals surface area contributed by atoms with Crippen LogP contribution in [-0.2, 0) is 0 Å². The SMILES string of the molecule is CC(C)N1CCN(c2ccccc2N)C[C@H]1C. The van der Waals surface area contributed by atoms with Crippen molar-refractivity contribution in [2.75, 3.05) is 30.3 Å². The standard InChI is InChI=1S/C14H23N3/c1-11(2)17-9-8-16(10-12(17)3)14-7-5-4-6-13(14)15/h4-7,11-12H,8-10,15H2,1-3H3/t12-/m1/s1. The molecule has 0 unspecified atom stereocenters. The molecule has 1 saturated heterocycles. The Morgan fingerprint density at radius 3 is 2.53 bits per heavy atom. The van der Waals surface area contributed by atoms with Gasteiger partial charge >= 0.3 is 0 Å². The summed E-state index contributed by atoms with van der Waals surface area (Å²) in [6.45, 7) is 10.1. The highest BCUT2D eigenvalue weighted by Crippen LogP contribution is 2.25. The van der Waals surface area contributed by atoms with Crippen LogP contribution in [-0.4, -0.2) is 36.6 Å². The lowest BCUT2D eigenvalue weighted by molar-refractivity contribution is 0.148. The Bertz CT molecular complexity index is 375. The van der Waals surface area contributed by atoms with Crippen molar-refractivity contribution in [1.82, 2.24) is 4.90 Å². The molecule has 94 valence electrons. The van der Waals surface area contributed by atoms with E-state index in [2.05, 4.69) is 42.7 Å². The molecule has 3 nitrogen and oxygen atoms in total. The van der Waals surface area contributed by atoms with Gasteiger partial charge in [0.1, 0.15) is 0 Å². The zero-order valence-corrected chi connectivity index (χ0v) is 11.1. The Morgan fingerprint density at radius 2 is 1.94 bits per heavy atom. The minimum atomic E-state index is 0.586. The van der Waals surface area contributed by atoms with Crippen molar-refractivity contribution in [3.05, 3.63) is 24.3 Å². The first-order chi connectivity index (χ1) is 8.09. The smallest absolute Gasteiger partial charge is 0.0600 e. The van der Waals surface area contributed by atoms with Crippen LogP contribution < -0.4 is 10.6 Å². The topological polar surface area (TPSA) is 32.5 Å². The van der Waals surface area contributed by atoms with Crippen molar-refractivity contribution in [2.24, 2.45) is 0 Å². The molecule has 1 atom stereocenters. The molecule has 2 N–H and O–H groups in total. The molecule has 0 aromatic heterocycles. The first-order valence-corrected chi connectivity index (χ1v) is 6.45. The van der Waals surface area contributed by atoms with E-state index in [1.54, 1.807) is 0 Å². The van der Waals surface area contributed by atoms with Gasteiger partial charge in [0.25, 0.3) is 0 Å². The molecule has 3 heteroatoms. The number of rotatable bonds is 2. The molecule has 2 rings (SSSR count). The number of anilines is 2. The van der Waals surface area contributed by atoms with Gasteiger partial charge in [0, 0.05) is 31.7 Å². The molecule has 1 fully saturated rings. The molecule has 1 aliphatic heterocycles.